The van der Waals surface area contributed by atoms with Crippen LogP contribution < -0.4 is 5.32 Å². The normalized spacial score (nSPS) is 17.9. The Hall–Kier alpha value is -0.870. The molecule has 0 atom stereocenters. The number of aromatic carboxylic acids is 1. The van der Waals surface area contributed by atoms with Crippen molar-refractivity contribution in [2.45, 2.75) is 64.5 Å². The van der Waals surface area contributed by atoms with Gasteiger partial charge in [0.1, 0.15) is 4.88 Å². The molecule has 0 aromatic carbocycles. The third kappa shape index (κ3) is 4.32. The molecule has 0 aliphatic heterocycles. The number of rotatable bonds is 4. The number of carboxylic acids is 1. The van der Waals surface area contributed by atoms with Crippen LogP contribution in [0.2, 0.25) is 0 Å². The fraction of sp³-hybridized carbons (Fsp3) is 0.667. The van der Waals surface area contributed by atoms with Gasteiger partial charge in [-0.2, -0.15) is 0 Å². The number of carbonyl (C=O) groups is 1. The Morgan fingerprint density at radius 3 is 2.53 bits per heavy atom. The summed E-state index contributed by atoms with van der Waals surface area (Å²) in [7, 11) is 0. The van der Waals surface area contributed by atoms with Gasteiger partial charge in [0, 0.05) is 17.5 Å². The monoisotopic (exact) mass is 281 g/mol. The zero-order chi connectivity index (χ0) is 13.7. The summed E-state index contributed by atoms with van der Waals surface area (Å²) in [5, 5.41) is 12.6. The van der Waals surface area contributed by atoms with Crippen molar-refractivity contribution in [3.8, 4) is 0 Å². The number of nitrogens with one attached hydrogen (secondary N) is 1. The quantitative estimate of drug-likeness (QED) is 0.878. The largest absolute Gasteiger partial charge is 0.477 e. The highest BCUT2D eigenvalue weighted by Gasteiger charge is 2.14. The SMILES string of the molecule is Cc1sc(C(=O)O)cc1CNC1CCCCCCC1. The summed E-state index contributed by atoms with van der Waals surface area (Å²) in [6.45, 7) is 2.81. The smallest absolute Gasteiger partial charge is 0.345 e. The molecule has 2 N–H and O–H groups in total. The summed E-state index contributed by atoms with van der Waals surface area (Å²) < 4.78 is 0. The van der Waals surface area contributed by atoms with Crippen molar-refractivity contribution < 1.29 is 9.90 Å². The van der Waals surface area contributed by atoms with Gasteiger partial charge in [0.2, 0.25) is 0 Å². The molecular weight excluding hydrogens is 258 g/mol. The average Bonchev–Trinajstić information content (AvgIpc) is 2.70. The lowest BCUT2D eigenvalue weighted by atomic mass is 9.96. The molecule has 106 valence electrons. The Balaban J connectivity index is 1.88. The summed E-state index contributed by atoms with van der Waals surface area (Å²) in [6.07, 6.45) is 9.27. The van der Waals surface area contributed by atoms with E-state index in [4.69, 9.17) is 5.11 Å². The fourth-order valence-corrected chi connectivity index (χ4v) is 3.60. The van der Waals surface area contributed by atoms with E-state index in [-0.39, 0.29) is 0 Å². The summed E-state index contributed by atoms with van der Waals surface area (Å²) in [5.41, 5.74) is 1.14. The van der Waals surface area contributed by atoms with E-state index < -0.39 is 5.97 Å². The van der Waals surface area contributed by atoms with Gasteiger partial charge >= 0.3 is 5.97 Å². The Morgan fingerprint density at radius 2 is 1.95 bits per heavy atom. The zero-order valence-electron chi connectivity index (χ0n) is 11.6. The minimum absolute atomic E-state index is 0.451. The molecule has 19 heavy (non-hydrogen) atoms. The molecule has 0 saturated heterocycles. The van der Waals surface area contributed by atoms with E-state index in [1.165, 1.54) is 56.3 Å². The van der Waals surface area contributed by atoms with Gasteiger partial charge in [-0.15, -0.1) is 11.3 Å². The number of hydrogen-bond donors (Lipinski definition) is 2. The molecule has 3 nitrogen and oxygen atoms in total. The van der Waals surface area contributed by atoms with Gasteiger partial charge in [0.05, 0.1) is 0 Å². The van der Waals surface area contributed by atoms with Crippen molar-refractivity contribution in [1.82, 2.24) is 5.32 Å². The molecule has 0 spiro atoms. The molecule has 2 rings (SSSR count). The molecule has 4 heteroatoms. The Bertz CT molecular complexity index is 420. The van der Waals surface area contributed by atoms with Crippen molar-refractivity contribution in [3.63, 3.8) is 0 Å². The van der Waals surface area contributed by atoms with E-state index in [0.29, 0.717) is 10.9 Å². The van der Waals surface area contributed by atoms with E-state index in [9.17, 15) is 4.79 Å². The highest BCUT2D eigenvalue weighted by molar-refractivity contribution is 7.14. The molecule has 0 radical (unpaired) electrons. The standard InChI is InChI=1S/C15H23NO2S/c1-11-12(9-14(19-11)15(17)18)10-16-13-7-5-3-2-4-6-8-13/h9,13,16H,2-8,10H2,1H3,(H,17,18). The number of thiophene rings is 1. The van der Waals surface area contributed by atoms with Crippen molar-refractivity contribution in [2.24, 2.45) is 0 Å². The number of carboxylic acid groups (broad SMARTS) is 1. The minimum Gasteiger partial charge on any atom is -0.477 e. The molecule has 1 aromatic rings. The van der Waals surface area contributed by atoms with E-state index in [1.807, 2.05) is 13.0 Å². The summed E-state index contributed by atoms with van der Waals surface area (Å²) >= 11 is 1.38. The van der Waals surface area contributed by atoms with Crippen LogP contribution in [0.1, 0.15) is 65.1 Å². The Kier molecular flexibility index (Phi) is 5.40. The summed E-state index contributed by atoms with van der Waals surface area (Å²) in [4.78, 5) is 12.5. The lowest BCUT2D eigenvalue weighted by Crippen LogP contribution is -2.29. The lowest BCUT2D eigenvalue weighted by molar-refractivity contribution is 0.0702. The van der Waals surface area contributed by atoms with Crippen molar-refractivity contribution in [2.75, 3.05) is 0 Å². The highest BCUT2D eigenvalue weighted by atomic mass is 32.1. The molecule has 1 heterocycles. The van der Waals surface area contributed by atoms with E-state index in [0.717, 1.165) is 17.0 Å². The van der Waals surface area contributed by atoms with Crippen LogP contribution in [-0.4, -0.2) is 17.1 Å². The molecule has 1 aromatic heterocycles. The van der Waals surface area contributed by atoms with Crippen LogP contribution in [0.15, 0.2) is 6.07 Å². The van der Waals surface area contributed by atoms with E-state index in [1.54, 1.807) is 0 Å². The number of hydrogen-bond acceptors (Lipinski definition) is 3. The maximum absolute atomic E-state index is 10.9. The van der Waals surface area contributed by atoms with Gasteiger partial charge in [0.25, 0.3) is 0 Å². The molecule has 1 aliphatic rings. The molecule has 1 aliphatic carbocycles. The third-order valence-electron chi connectivity index (χ3n) is 3.92. The molecule has 0 bridgehead atoms. The average molecular weight is 281 g/mol. The first-order valence-corrected chi connectivity index (χ1v) is 8.04. The van der Waals surface area contributed by atoms with Crippen LogP contribution in [0.3, 0.4) is 0 Å². The summed E-state index contributed by atoms with van der Waals surface area (Å²) in [6, 6.07) is 2.42. The van der Waals surface area contributed by atoms with Crippen LogP contribution in [0, 0.1) is 6.92 Å². The third-order valence-corrected chi connectivity index (χ3v) is 5.00. The van der Waals surface area contributed by atoms with Crippen LogP contribution in [0.5, 0.6) is 0 Å². The molecule has 1 fully saturated rings. The summed E-state index contributed by atoms with van der Waals surface area (Å²) in [5.74, 6) is -0.815. The first-order chi connectivity index (χ1) is 9.16. The molecule has 0 unspecified atom stereocenters. The molecule has 1 saturated carbocycles. The first-order valence-electron chi connectivity index (χ1n) is 7.23. The molecular formula is C15H23NO2S. The number of aryl methyl sites for hydroxylation is 1. The second kappa shape index (κ2) is 7.06. The van der Waals surface area contributed by atoms with E-state index in [2.05, 4.69) is 5.32 Å². The highest BCUT2D eigenvalue weighted by Crippen LogP contribution is 2.22. The zero-order valence-corrected chi connectivity index (χ0v) is 12.4. The second-order valence-corrected chi connectivity index (χ2v) is 6.68. The van der Waals surface area contributed by atoms with Gasteiger partial charge in [-0.1, -0.05) is 32.1 Å². The van der Waals surface area contributed by atoms with Crippen molar-refractivity contribution in [3.05, 3.63) is 21.4 Å². The maximum Gasteiger partial charge on any atom is 0.345 e. The van der Waals surface area contributed by atoms with Crippen molar-refractivity contribution in [1.29, 1.82) is 0 Å². The Labute approximate surface area is 119 Å². The van der Waals surface area contributed by atoms with Crippen LogP contribution in [0.25, 0.3) is 0 Å². The first kappa shape index (κ1) is 14.5. The molecule has 0 amide bonds. The van der Waals surface area contributed by atoms with Gasteiger partial charge in [-0.05, 0) is 31.4 Å². The predicted octanol–water partition coefficient (Wildman–Crippen LogP) is 3.96. The maximum atomic E-state index is 10.9. The van der Waals surface area contributed by atoms with Crippen molar-refractivity contribution >= 4 is 17.3 Å². The van der Waals surface area contributed by atoms with Crippen LogP contribution in [-0.2, 0) is 6.54 Å². The lowest BCUT2D eigenvalue weighted by Gasteiger charge is -2.21. The predicted molar refractivity (Wildman–Crippen MR) is 79.0 cm³/mol. The van der Waals surface area contributed by atoms with Gasteiger partial charge < -0.3 is 10.4 Å². The Morgan fingerprint density at radius 1 is 1.32 bits per heavy atom. The van der Waals surface area contributed by atoms with Crippen LogP contribution in [0.4, 0.5) is 0 Å². The topological polar surface area (TPSA) is 49.3 Å². The van der Waals surface area contributed by atoms with Gasteiger partial charge in [-0.3, -0.25) is 0 Å². The van der Waals surface area contributed by atoms with Gasteiger partial charge in [-0.25, -0.2) is 4.79 Å². The van der Waals surface area contributed by atoms with Gasteiger partial charge in [0.15, 0.2) is 0 Å². The van der Waals surface area contributed by atoms with Crippen LogP contribution >= 0.6 is 11.3 Å². The minimum atomic E-state index is -0.815. The van der Waals surface area contributed by atoms with E-state index >= 15 is 0 Å². The fourth-order valence-electron chi connectivity index (χ4n) is 2.72. The second-order valence-electron chi connectivity index (χ2n) is 5.42.